The molecule has 1 amide bonds. The molecule has 0 aliphatic carbocycles. The van der Waals surface area contributed by atoms with Crippen LogP contribution >= 0.6 is 0 Å². The molecule has 1 rings (SSSR count). The first-order valence-electron chi connectivity index (χ1n) is 5.12. The first kappa shape index (κ1) is 12.1. The summed E-state index contributed by atoms with van der Waals surface area (Å²) in [6.07, 6.45) is -0.561. The second-order valence-corrected chi connectivity index (χ2v) is 3.29. The maximum atomic E-state index is 11.4. The number of hydrogen-bond acceptors (Lipinski definition) is 3. The van der Waals surface area contributed by atoms with Gasteiger partial charge in [0, 0.05) is 6.54 Å². The number of nitrogens with one attached hydrogen (secondary N) is 1. The molecular formula is C12H14N2O2. The summed E-state index contributed by atoms with van der Waals surface area (Å²) in [5, 5.41) is 11.4. The van der Waals surface area contributed by atoms with Gasteiger partial charge in [-0.3, -0.25) is 4.79 Å². The molecule has 16 heavy (non-hydrogen) atoms. The van der Waals surface area contributed by atoms with Gasteiger partial charge in [0.05, 0.1) is 11.6 Å². The van der Waals surface area contributed by atoms with E-state index in [0.29, 0.717) is 17.9 Å². The fourth-order valence-corrected chi connectivity index (χ4v) is 1.21. The maximum Gasteiger partial charge on any atom is 0.260 e. The highest BCUT2D eigenvalue weighted by Crippen LogP contribution is 2.14. The third-order valence-electron chi connectivity index (χ3n) is 2.00. The molecule has 0 aliphatic heterocycles. The summed E-state index contributed by atoms with van der Waals surface area (Å²) in [5.41, 5.74) is 0.514. The summed E-state index contributed by atoms with van der Waals surface area (Å²) in [6.45, 7) is 4.09. The standard InChI is InChI=1S/C12H14N2O2/c1-3-14-12(15)9(2)16-11-6-4-5-10(7-11)8-13/h4-7,9H,3H2,1-2H3,(H,14,15). The predicted molar refractivity (Wildman–Crippen MR) is 59.9 cm³/mol. The average molecular weight is 218 g/mol. The summed E-state index contributed by atoms with van der Waals surface area (Å²) >= 11 is 0. The SMILES string of the molecule is CCNC(=O)C(C)Oc1cccc(C#N)c1. The Balaban J connectivity index is 2.66. The molecule has 1 aromatic carbocycles. The van der Waals surface area contributed by atoms with Crippen molar-refractivity contribution in [3.8, 4) is 11.8 Å². The zero-order valence-corrected chi connectivity index (χ0v) is 9.36. The first-order chi connectivity index (χ1) is 7.67. The lowest BCUT2D eigenvalue weighted by Gasteiger charge is -2.13. The molecule has 0 heterocycles. The Morgan fingerprint density at radius 1 is 1.62 bits per heavy atom. The van der Waals surface area contributed by atoms with E-state index in [-0.39, 0.29) is 5.91 Å². The maximum absolute atomic E-state index is 11.4. The molecule has 1 aromatic rings. The van der Waals surface area contributed by atoms with Gasteiger partial charge < -0.3 is 10.1 Å². The van der Waals surface area contributed by atoms with Crippen LogP contribution in [0.15, 0.2) is 24.3 Å². The van der Waals surface area contributed by atoms with Gasteiger partial charge in [0.2, 0.25) is 0 Å². The summed E-state index contributed by atoms with van der Waals surface area (Å²) in [4.78, 5) is 11.4. The molecule has 0 saturated heterocycles. The molecule has 1 N–H and O–H groups in total. The van der Waals surface area contributed by atoms with Crippen LogP contribution in [-0.2, 0) is 4.79 Å². The number of carbonyl (C=O) groups excluding carboxylic acids is 1. The van der Waals surface area contributed by atoms with Crippen molar-refractivity contribution in [2.75, 3.05) is 6.54 Å². The highest BCUT2D eigenvalue weighted by molar-refractivity contribution is 5.80. The van der Waals surface area contributed by atoms with Crippen molar-refractivity contribution in [1.29, 1.82) is 5.26 Å². The molecule has 1 atom stereocenters. The molecule has 0 aliphatic rings. The number of amides is 1. The van der Waals surface area contributed by atoms with Crippen molar-refractivity contribution < 1.29 is 9.53 Å². The first-order valence-corrected chi connectivity index (χ1v) is 5.12. The smallest absolute Gasteiger partial charge is 0.260 e. The van der Waals surface area contributed by atoms with Crippen LogP contribution in [0.25, 0.3) is 0 Å². The van der Waals surface area contributed by atoms with E-state index in [1.807, 2.05) is 13.0 Å². The number of nitrogens with zero attached hydrogens (tertiary/aromatic N) is 1. The van der Waals surface area contributed by atoms with E-state index in [0.717, 1.165) is 0 Å². The fourth-order valence-electron chi connectivity index (χ4n) is 1.21. The second kappa shape index (κ2) is 5.76. The predicted octanol–water partition coefficient (Wildman–Crippen LogP) is 1.46. The van der Waals surface area contributed by atoms with E-state index in [1.54, 1.807) is 31.2 Å². The van der Waals surface area contributed by atoms with Gasteiger partial charge in [0.1, 0.15) is 5.75 Å². The van der Waals surface area contributed by atoms with E-state index >= 15 is 0 Å². The Labute approximate surface area is 94.8 Å². The molecule has 4 nitrogen and oxygen atoms in total. The van der Waals surface area contributed by atoms with Crippen LogP contribution in [0.5, 0.6) is 5.75 Å². The number of likely N-dealkylation sites (N-methyl/N-ethyl adjacent to an activating group) is 1. The van der Waals surface area contributed by atoms with E-state index in [9.17, 15) is 4.79 Å². The van der Waals surface area contributed by atoms with Gasteiger partial charge in [-0.1, -0.05) is 6.07 Å². The lowest BCUT2D eigenvalue weighted by molar-refractivity contribution is -0.127. The minimum atomic E-state index is -0.561. The third-order valence-corrected chi connectivity index (χ3v) is 2.00. The Kier molecular flexibility index (Phi) is 4.34. The van der Waals surface area contributed by atoms with Gasteiger partial charge in [-0.2, -0.15) is 5.26 Å². The molecule has 0 fully saturated rings. The molecule has 0 saturated carbocycles. The van der Waals surface area contributed by atoms with Crippen LogP contribution in [0.1, 0.15) is 19.4 Å². The lowest BCUT2D eigenvalue weighted by Crippen LogP contribution is -2.36. The van der Waals surface area contributed by atoms with Crippen LogP contribution in [-0.4, -0.2) is 18.6 Å². The van der Waals surface area contributed by atoms with E-state index in [4.69, 9.17) is 10.00 Å². The number of rotatable bonds is 4. The van der Waals surface area contributed by atoms with Crippen LogP contribution in [0, 0.1) is 11.3 Å². The van der Waals surface area contributed by atoms with Gasteiger partial charge in [-0.25, -0.2) is 0 Å². The Morgan fingerprint density at radius 3 is 3.00 bits per heavy atom. The summed E-state index contributed by atoms with van der Waals surface area (Å²) in [6, 6.07) is 8.74. The van der Waals surface area contributed by atoms with E-state index < -0.39 is 6.10 Å². The van der Waals surface area contributed by atoms with Crippen LogP contribution < -0.4 is 10.1 Å². The van der Waals surface area contributed by atoms with Crippen LogP contribution in [0.3, 0.4) is 0 Å². The van der Waals surface area contributed by atoms with Gasteiger partial charge in [0.25, 0.3) is 5.91 Å². The van der Waals surface area contributed by atoms with Crippen molar-refractivity contribution in [3.63, 3.8) is 0 Å². The minimum absolute atomic E-state index is 0.162. The zero-order valence-electron chi connectivity index (χ0n) is 9.36. The van der Waals surface area contributed by atoms with Gasteiger partial charge >= 0.3 is 0 Å². The third kappa shape index (κ3) is 3.28. The van der Waals surface area contributed by atoms with Crippen molar-refractivity contribution >= 4 is 5.91 Å². The van der Waals surface area contributed by atoms with Crippen LogP contribution in [0.2, 0.25) is 0 Å². The van der Waals surface area contributed by atoms with Gasteiger partial charge in [-0.05, 0) is 32.0 Å². The summed E-state index contributed by atoms with van der Waals surface area (Å²) in [7, 11) is 0. The molecule has 0 radical (unpaired) electrons. The van der Waals surface area contributed by atoms with Crippen LogP contribution in [0.4, 0.5) is 0 Å². The quantitative estimate of drug-likeness (QED) is 0.832. The molecule has 1 unspecified atom stereocenters. The topological polar surface area (TPSA) is 62.1 Å². The number of ether oxygens (including phenoxy) is 1. The van der Waals surface area contributed by atoms with Crippen molar-refractivity contribution in [3.05, 3.63) is 29.8 Å². The summed E-state index contributed by atoms with van der Waals surface area (Å²) in [5.74, 6) is 0.364. The highest BCUT2D eigenvalue weighted by Gasteiger charge is 2.13. The number of hydrogen-bond donors (Lipinski definition) is 1. The Morgan fingerprint density at radius 2 is 2.38 bits per heavy atom. The van der Waals surface area contributed by atoms with Crippen molar-refractivity contribution in [2.24, 2.45) is 0 Å². The molecule has 0 spiro atoms. The molecule has 4 heteroatoms. The average Bonchev–Trinajstić information content (AvgIpc) is 2.29. The fraction of sp³-hybridized carbons (Fsp3) is 0.333. The molecule has 0 bridgehead atoms. The monoisotopic (exact) mass is 218 g/mol. The van der Waals surface area contributed by atoms with E-state index in [1.165, 1.54) is 0 Å². The Hall–Kier alpha value is -2.02. The molecule has 0 aromatic heterocycles. The molecule has 84 valence electrons. The van der Waals surface area contributed by atoms with Gasteiger partial charge in [0.15, 0.2) is 6.10 Å². The number of benzene rings is 1. The summed E-state index contributed by atoms with van der Waals surface area (Å²) < 4.78 is 5.41. The van der Waals surface area contributed by atoms with E-state index in [2.05, 4.69) is 5.32 Å². The Bertz CT molecular complexity index is 410. The van der Waals surface area contributed by atoms with Crippen molar-refractivity contribution in [2.45, 2.75) is 20.0 Å². The zero-order chi connectivity index (χ0) is 12.0. The highest BCUT2D eigenvalue weighted by atomic mass is 16.5. The number of carbonyl (C=O) groups is 1. The normalized spacial score (nSPS) is 11.3. The van der Waals surface area contributed by atoms with Crippen molar-refractivity contribution in [1.82, 2.24) is 5.32 Å². The largest absolute Gasteiger partial charge is 0.481 e. The molecular weight excluding hydrogens is 204 g/mol. The minimum Gasteiger partial charge on any atom is -0.481 e. The van der Waals surface area contributed by atoms with Gasteiger partial charge in [-0.15, -0.1) is 0 Å². The second-order valence-electron chi connectivity index (χ2n) is 3.29. The lowest BCUT2D eigenvalue weighted by atomic mass is 10.2. The number of nitriles is 1.